The topological polar surface area (TPSA) is 46.9 Å². The lowest BCUT2D eigenvalue weighted by molar-refractivity contribution is 0.242. The normalized spacial score (nSPS) is 11.5. The van der Waals surface area contributed by atoms with Crippen molar-refractivity contribution in [2.24, 2.45) is 0 Å². The Kier molecular flexibility index (Phi) is 6.44. The van der Waals surface area contributed by atoms with E-state index >= 15 is 0 Å². The number of hydrogen-bond acceptors (Lipinski definition) is 4. The minimum Gasteiger partial charge on any atom is -0.505 e. The van der Waals surface area contributed by atoms with Crippen LogP contribution in [0.3, 0.4) is 0 Å². The first kappa shape index (κ1) is 20.0. The molecule has 0 spiro atoms. The first-order valence-corrected chi connectivity index (χ1v) is 7.88. The Morgan fingerprint density at radius 3 is 1.38 bits per heavy atom. The molecule has 0 saturated heterocycles. The number of nitrogens with zero attached hydrogens (tertiary/aromatic N) is 2. The minimum absolute atomic E-state index is 0.119. The largest absolute Gasteiger partial charge is 0.505 e. The Labute approximate surface area is 148 Å². The van der Waals surface area contributed by atoms with Crippen LogP contribution in [0.15, 0.2) is 24.3 Å². The zero-order valence-electron chi connectivity index (χ0n) is 14.4. The van der Waals surface area contributed by atoms with Crippen molar-refractivity contribution in [1.29, 1.82) is 0 Å². The molecule has 0 aliphatic heterocycles. The summed E-state index contributed by atoms with van der Waals surface area (Å²) in [5.74, 6) is -4.77. The fourth-order valence-electron chi connectivity index (χ4n) is 2.56. The number of aromatic hydroxyl groups is 2. The molecular formula is C18H20F4N2O2. The quantitative estimate of drug-likeness (QED) is 0.733. The minimum atomic E-state index is -1.02. The van der Waals surface area contributed by atoms with Gasteiger partial charge in [-0.05, 0) is 26.2 Å². The summed E-state index contributed by atoms with van der Waals surface area (Å²) < 4.78 is 53.2. The summed E-state index contributed by atoms with van der Waals surface area (Å²) in [5, 5.41) is 19.3. The molecule has 0 fully saturated rings. The third kappa shape index (κ3) is 5.09. The number of benzene rings is 2. The molecule has 2 rings (SSSR count). The lowest BCUT2D eigenvalue weighted by Gasteiger charge is -2.23. The highest BCUT2D eigenvalue weighted by Gasteiger charge is 2.14. The molecule has 4 nitrogen and oxygen atoms in total. The van der Waals surface area contributed by atoms with Gasteiger partial charge in [-0.25, -0.2) is 17.6 Å². The summed E-state index contributed by atoms with van der Waals surface area (Å²) >= 11 is 0. The van der Waals surface area contributed by atoms with E-state index < -0.39 is 34.8 Å². The van der Waals surface area contributed by atoms with Crippen LogP contribution in [-0.4, -0.2) is 47.2 Å². The van der Waals surface area contributed by atoms with Crippen LogP contribution in [0.4, 0.5) is 17.6 Å². The Morgan fingerprint density at radius 1 is 0.692 bits per heavy atom. The fraction of sp³-hybridized carbons (Fsp3) is 0.333. The lowest BCUT2D eigenvalue weighted by Crippen LogP contribution is -2.30. The summed E-state index contributed by atoms with van der Waals surface area (Å²) in [6.07, 6.45) is 0. The Hall–Kier alpha value is -2.32. The number of likely N-dealkylation sites (N-methyl/N-ethyl adjacent to an activating group) is 2. The van der Waals surface area contributed by atoms with Crippen LogP contribution in [0, 0.1) is 23.3 Å². The second-order valence-electron chi connectivity index (χ2n) is 6.27. The summed E-state index contributed by atoms with van der Waals surface area (Å²) in [5.41, 5.74) is 0.245. The van der Waals surface area contributed by atoms with E-state index in [1.807, 2.05) is 0 Å². The molecule has 0 aliphatic rings. The molecule has 0 amide bonds. The van der Waals surface area contributed by atoms with Gasteiger partial charge in [0.1, 0.15) is 11.6 Å². The van der Waals surface area contributed by atoms with Gasteiger partial charge < -0.3 is 20.0 Å². The number of halogens is 4. The maximum absolute atomic E-state index is 13.3. The first-order chi connectivity index (χ1) is 12.2. The molecule has 2 N–H and O–H groups in total. The van der Waals surface area contributed by atoms with Crippen LogP contribution in [0.1, 0.15) is 11.1 Å². The highest BCUT2D eigenvalue weighted by Crippen LogP contribution is 2.25. The van der Waals surface area contributed by atoms with Gasteiger partial charge in [-0.2, -0.15) is 0 Å². The molecule has 2 aromatic rings. The molecule has 0 radical (unpaired) electrons. The zero-order chi connectivity index (χ0) is 19.4. The highest BCUT2D eigenvalue weighted by atomic mass is 19.1. The second-order valence-corrected chi connectivity index (χ2v) is 6.27. The molecule has 0 bridgehead atoms. The van der Waals surface area contributed by atoms with Crippen molar-refractivity contribution < 1.29 is 27.8 Å². The van der Waals surface area contributed by atoms with Crippen molar-refractivity contribution in [2.45, 2.75) is 13.1 Å². The average Bonchev–Trinajstić information content (AvgIpc) is 2.55. The number of phenolic OH excluding ortho intramolecular Hbond substituents is 2. The number of hydrogen-bond donors (Lipinski definition) is 2. The van der Waals surface area contributed by atoms with E-state index in [4.69, 9.17) is 0 Å². The molecular weight excluding hydrogens is 352 g/mol. The van der Waals surface area contributed by atoms with Crippen molar-refractivity contribution in [3.8, 4) is 11.5 Å². The van der Waals surface area contributed by atoms with Gasteiger partial charge >= 0.3 is 0 Å². The summed E-state index contributed by atoms with van der Waals surface area (Å²) in [4.78, 5) is 3.47. The maximum atomic E-state index is 13.3. The van der Waals surface area contributed by atoms with Gasteiger partial charge in [0.15, 0.2) is 23.1 Å². The van der Waals surface area contributed by atoms with E-state index in [0.717, 1.165) is 12.1 Å². The van der Waals surface area contributed by atoms with Crippen molar-refractivity contribution in [1.82, 2.24) is 9.80 Å². The lowest BCUT2D eigenvalue weighted by atomic mass is 10.1. The van der Waals surface area contributed by atoms with E-state index in [-0.39, 0.29) is 24.2 Å². The Bertz CT molecular complexity index is 721. The summed E-state index contributed by atoms with van der Waals surface area (Å²) in [6.45, 7) is 1.14. The molecule has 0 saturated carbocycles. The Balaban J connectivity index is 1.92. The molecule has 0 aromatic heterocycles. The number of phenols is 2. The molecule has 2 aromatic carbocycles. The van der Waals surface area contributed by atoms with Crippen molar-refractivity contribution >= 4 is 0 Å². The average molecular weight is 372 g/mol. The maximum Gasteiger partial charge on any atom is 0.168 e. The van der Waals surface area contributed by atoms with E-state index in [1.165, 1.54) is 0 Å². The van der Waals surface area contributed by atoms with Crippen molar-refractivity contribution in [3.05, 3.63) is 58.7 Å². The van der Waals surface area contributed by atoms with Crippen LogP contribution in [0.5, 0.6) is 11.5 Å². The van der Waals surface area contributed by atoms with Crippen LogP contribution in [0.25, 0.3) is 0 Å². The molecule has 0 unspecified atom stereocenters. The van der Waals surface area contributed by atoms with Crippen LogP contribution in [-0.2, 0) is 13.1 Å². The van der Waals surface area contributed by atoms with Crippen LogP contribution in [0.2, 0.25) is 0 Å². The molecule has 0 heterocycles. The van der Waals surface area contributed by atoms with Gasteiger partial charge in [0, 0.05) is 49.4 Å². The van der Waals surface area contributed by atoms with E-state index in [1.54, 1.807) is 23.9 Å². The van der Waals surface area contributed by atoms with Gasteiger partial charge in [-0.1, -0.05) is 0 Å². The summed E-state index contributed by atoms with van der Waals surface area (Å²) in [6, 6.07) is 3.34. The van der Waals surface area contributed by atoms with Crippen molar-refractivity contribution in [2.75, 3.05) is 27.2 Å². The van der Waals surface area contributed by atoms with Gasteiger partial charge in [-0.3, -0.25) is 0 Å². The molecule has 142 valence electrons. The van der Waals surface area contributed by atoms with Gasteiger partial charge in [0.05, 0.1) is 0 Å². The van der Waals surface area contributed by atoms with Crippen LogP contribution < -0.4 is 0 Å². The van der Waals surface area contributed by atoms with Gasteiger partial charge in [0.2, 0.25) is 0 Å². The SMILES string of the molecule is CN(CCN(C)Cc1cc(F)cc(F)c1O)Cc1cc(F)cc(F)c1O. The smallest absolute Gasteiger partial charge is 0.168 e. The monoisotopic (exact) mass is 372 g/mol. The van der Waals surface area contributed by atoms with Gasteiger partial charge in [-0.15, -0.1) is 0 Å². The first-order valence-electron chi connectivity index (χ1n) is 7.88. The van der Waals surface area contributed by atoms with Crippen LogP contribution >= 0.6 is 0 Å². The predicted octanol–water partition coefficient (Wildman–Crippen LogP) is 3.22. The highest BCUT2D eigenvalue weighted by molar-refractivity contribution is 5.35. The van der Waals surface area contributed by atoms with Gasteiger partial charge in [0.25, 0.3) is 0 Å². The predicted molar refractivity (Wildman–Crippen MR) is 88.7 cm³/mol. The standard InChI is InChI=1S/C18H20F4N2O2/c1-23(9-11-5-13(19)7-15(21)17(11)25)3-4-24(2)10-12-6-14(20)8-16(22)18(12)26/h5-8,25-26H,3-4,9-10H2,1-2H3. The summed E-state index contributed by atoms with van der Waals surface area (Å²) in [7, 11) is 3.41. The molecule has 8 heteroatoms. The molecule has 26 heavy (non-hydrogen) atoms. The number of rotatable bonds is 7. The van der Waals surface area contributed by atoms with E-state index in [9.17, 15) is 27.8 Å². The molecule has 0 aliphatic carbocycles. The van der Waals surface area contributed by atoms with Crippen molar-refractivity contribution in [3.63, 3.8) is 0 Å². The zero-order valence-corrected chi connectivity index (χ0v) is 14.4. The third-order valence-electron chi connectivity index (χ3n) is 3.96. The van der Waals surface area contributed by atoms with E-state index in [0.29, 0.717) is 25.2 Å². The van der Waals surface area contributed by atoms with E-state index in [2.05, 4.69) is 0 Å². The Morgan fingerprint density at radius 2 is 1.04 bits per heavy atom. The second kappa shape index (κ2) is 8.37. The molecule has 0 atom stereocenters. The third-order valence-corrected chi connectivity index (χ3v) is 3.96. The fourth-order valence-corrected chi connectivity index (χ4v) is 2.56.